The van der Waals surface area contributed by atoms with E-state index in [1.807, 2.05) is 13.8 Å². The molecule has 21 heavy (non-hydrogen) atoms. The predicted octanol–water partition coefficient (Wildman–Crippen LogP) is 6.40. The Morgan fingerprint density at radius 1 is 0.905 bits per heavy atom. The summed E-state index contributed by atoms with van der Waals surface area (Å²) < 4.78 is 38.3. The monoisotopic (exact) mass is 320 g/mol. The molecule has 1 unspecified atom stereocenters. The van der Waals surface area contributed by atoms with Crippen LogP contribution in [-0.2, 0) is 6.18 Å². The largest absolute Gasteiger partial charge is 0.417 e. The van der Waals surface area contributed by atoms with E-state index in [0.717, 1.165) is 19.0 Å². The highest BCUT2D eigenvalue weighted by atomic mass is 31.1. The zero-order chi connectivity index (χ0) is 16.1. The van der Waals surface area contributed by atoms with Gasteiger partial charge in [-0.25, -0.2) is 0 Å². The van der Waals surface area contributed by atoms with E-state index in [-0.39, 0.29) is 8.58 Å². The molecule has 0 N–H and O–H groups in total. The summed E-state index contributed by atoms with van der Waals surface area (Å²) in [5.74, 6) is 0. The lowest BCUT2D eigenvalue weighted by molar-refractivity contribution is -0.136. The number of hydrogen-bond acceptors (Lipinski definition) is 0. The van der Waals surface area contributed by atoms with Gasteiger partial charge in [-0.2, -0.15) is 13.2 Å². The molecular weight excluding hydrogens is 292 g/mol. The molecule has 122 valence electrons. The van der Waals surface area contributed by atoms with E-state index in [4.69, 9.17) is 0 Å². The molecule has 1 rings (SSSR count). The smallest absolute Gasteiger partial charge is 0.166 e. The van der Waals surface area contributed by atoms with Gasteiger partial charge in [0.25, 0.3) is 0 Å². The molecule has 0 aliphatic heterocycles. The molecule has 1 aromatic rings. The second-order valence-electron chi connectivity index (χ2n) is 4.74. The molecule has 4 heteroatoms. The van der Waals surface area contributed by atoms with E-state index < -0.39 is 11.7 Å². The van der Waals surface area contributed by atoms with E-state index in [2.05, 4.69) is 6.92 Å². The van der Waals surface area contributed by atoms with Gasteiger partial charge in [0.2, 0.25) is 0 Å². The third-order valence-corrected chi connectivity index (χ3v) is 4.50. The Labute approximate surface area is 129 Å². The second kappa shape index (κ2) is 12.0. The summed E-state index contributed by atoms with van der Waals surface area (Å²) in [5.41, 5.74) is -0.459. The standard InChI is InChI=1S/C15H22F3P.C2H6/c1-2-3-4-5-6-9-12-19-14-11-8-7-10-13(14)15(16,17)18;1-2/h7-8,10-11,19H,2-6,9,12H2,1H3;1-2H3. The van der Waals surface area contributed by atoms with Crippen molar-refractivity contribution in [2.45, 2.75) is 65.5 Å². The molecule has 0 radical (unpaired) electrons. The van der Waals surface area contributed by atoms with Crippen LogP contribution in [0.1, 0.15) is 64.9 Å². The maximum atomic E-state index is 12.8. The van der Waals surface area contributed by atoms with Gasteiger partial charge in [0.15, 0.2) is 0 Å². The van der Waals surface area contributed by atoms with Crippen molar-refractivity contribution in [3.63, 3.8) is 0 Å². The normalized spacial score (nSPS) is 11.5. The van der Waals surface area contributed by atoms with Gasteiger partial charge in [0.05, 0.1) is 5.56 Å². The van der Waals surface area contributed by atoms with Crippen molar-refractivity contribution in [2.75, 3.05) is 6.16 Å². The van der Waals surface area contributed by atoms with E-state index in [1.165, 1.54) is 37.8 Å². The lowest BCUT2D eigenvalue weighted by atomic mass is 10.1. The van der Waals surface area contributed by atoms with Crippen molar-refractivity contribution in [1.29, 1.82) is 0 Å². The van der Waals surface area contributed by atoms with E-state index in [0.29, 0.717) is 5.30 Å². The first kappa shape index (κ1) is 20.4. The molecule has 0 spiro atoms. The molecule has 0 amide bonds. The molecule has 0 bridgehead atoms. The number of hydrogen-bond donors (Lipinski definition) is 0. The molecule has 0 aliphatic rings. The number of alkyl halides is 3. The lowest BCUT2D eigenvalue weighted by Crippen LogP contribution is -2.15. The van der Waals surface area contributed by atoms with Gasteiger partial charge in [-0.05, 0) is 24.0 Å². The molecule has 1 aromatic carbocycles. The molecule has 0 fully saturated rings. The first-order chi connectivity index (χ1) is 10.1. The van der Waals surface area contributed by atoms with Gasteiger partial charge in [0, 0.05) is 0 Å². The van der Waals surface area contributed by atoms with Crippen molar-refractivity contribution < 1.29 is 13.2 Å². The first-order valence-corrected chi connectivity index (χ1v) is 9.16. The van der Waals surface area contributed by atoms with Gasteiger partial charge < -0.3 is 0 Å². The summed E-state index contributed by atoms with van der Waals surface area (Å²) in [6.45, 7) is 6.18. The Hall–Kier alpha value is -0.560. The fourth-order valence-corrected chi connectivity index (χ4v) is 3.34. The van der Waals surface area contributed by atoms with Crippen molar-refractivity contribution in [3.8, 4) is 0 Å². The Bertz CT molecular complexity index is 361. The minimum atomic E-state index is -4.22. The molecule has 1 atom stereocenters. The van der Waals surface area contributed by atoms with E-state index in [9.17, 15) is 13.2 Å². The van der Waals surface area contributed by atoms with E-state index in [1.54, 1.807) is 12.1 Å². The first-order valence-electron chi connectivity index (χ1n) is 7.95. The number of unbranched alkanes of at least 4 members (excludes halogenated alkanes) is 5. The maximum absolute atomic E-state index is 12.8. The summed E-state index contributed by atoms with van der Waals surface area (Å²) in [7, 11) is 0.269. The summed E-state index contributed by atoms with van der Waals surface area (Å²) in [6.07, 6.45) is 3.78. The number of benzene rings is 1. The molecule has 0 aliphatic carbocycles. The summed E-state index contributed by atoms with van der Waals surface area (Å²) in [4.78, 5) is 0. The lowest BCUT2D eigenvalue weighted by Gasteiger charge is -2.12. The average molecular weight is 320 g/mol. The minimum absolute atomic E-state index is 0.269. The summed E-state index contributed by atoms with van der Waals surface area (Å²) in [5, 5.41) is 0.462. The Morgan fingerprint density at radius 3 is 2.10 bits per heavy atom. The van der Waals surface area contributed by atoms with Crippen LogP contribution in [0.25, 0.3) is 0 Å². The molecule has 0 heterocycles. The minimum Gasteiger partial charge on any atom is -0.166 e. The third-order valence-electron chi connectivity index (χ3n) is 3.08. The van der Waals surface area contributed by atoms with Crippen LogP contribution >= 0.6 is 8.58 Å². The third kappa shape index (κ3) is 9.14. The molecule has 0 saturated carbocycles. The highest BCUT2D eigenvalue weighted by Crippen LogP contribution is 2.31. The fraction of sp³-hybridized carbons (Fsp3) is 0.647. The fourth-order valence-electron chi connectivity index (χ4n) is 2.01. The molecule has 0 saturated heterocycles. The number of halogens is 3. The molecule has 0 aromatic heterocycles. The van der Waals surface area contributed by atoms with Crippen LogP contribution in [0.4, 0.5) is 13.2 Å². The number of rotatable bonds is 8. The maximum Gasteiger partial charge on any atom is 0.417 e. The Kier molecular flexibility index (Phi) is 11.7. The van der Waals surface area contributed by atoms with Crippen LogP contribution < -0.4 is 5.30 Å². The van der Waals surface area contributed by atoms with Gasteiger partial charge in [-0.3, -0.25) is 0 Å². The van der Waals surface area contributed by atoms with Crippen LogP contribution in [0.15, 0.2) is 24.3 Å². The highest BCUT2D eigenvalue weighted by molar-refractivity contribution is 7.47. The van der Waals surface area contributed by atoms with E-state index >= 15 is 0 Å². The van der Waals surface area contributed by atoms with Gasteiger partial charge in [-0.1, -0.05) is 79.7 Å². The summed E-state index contributed by atoms with van der Waals surface area (Å²) >= 11 is 0. The molecule has 0 nitrogen and oxygen atoms in total. The van der Waals surface area contributed by atoms with Gasteiger partial charge in [0.1, 0.15) is 0 Å². The summed E-state index contributed by atoms with van der Waals surface area (Å²) in [6, 6.07) is 5.95. The Balaban J connectivity index is 0.00000191. The van der Waals surface area contributed by atoms with Crippen LogP contribution in [0.2, 0.25) is 0 Å². The quantitative estimate of drug-likeness (QED) is 0.384. The van der Waals surface area contributed by atoms with Gasteiger partial charge >= 0.3 is 6.18 Å². The topological polar surface area (TPSA) is 0 Å². The van der Waals surface area contributed by atoms with Crippen molar-refractivity contribution in [1.82, 2.24) is 0 Å². The van der Waals surface area contributed by atoms with Crippen molar-refractivity contribution in [2.24, 2.45) is 0 Å². The average Bonchev–Trinajstić information content (AvgIpc) is 2.48. The second-order valence-corrected chi connectivity index (χ2v) is 6.13. The van der Waals surface area contributed by atoms with Crippen molar-refractivity contribution in [3.05, 3.63) is 29.8 Å². The molecular formula is C17H28F3P. The van der Waals surface area contributed by atoms with Gasteiger partial charge in [-0.15, -0.1) is 0 Å². The zero-order valence-corrected chi connectivity index (χ0v) is 14.4. The highest BCUT2D eigenvalue weighted by Gasteiger charge is 2.32. The zero-order valence-electron chi connectivity index (χ0n) is 13.4. The van der Waals surface area contributed by atoms with Crippen LogP contribution in [0.5, 0.6) is 0 Å². The van der Waals surface area contributed by atoms with Crippen LogP contribution in [0, 0.1) is 0 Å². The SMILES string of the molecule is CC.CCCCCCCCPc1ccccc1C(F)(F)F. The Morgan fingerprint density at radius 2 is 1.48 bits per heavy atom. The van der Waals surface area contributed by atoms with Crippen LogP contribution in [0.3, 0.4) is 0 Å². The predicted molar refractivity (Wildman–Crippen MR) is 89.0 cm³/mol. The van der Waals surface area contributed by atoms with Crippen LogP contribution in [-0.4, -0.2) is 6.16 Å². The van der Waals surface area contributed by atoms with Crippen molar-refractivity contribution >= 4 is 13.9 Å².